The van der Waals surface area contributed by atoms with Gasteiger partial charge in [-0.2, -0.15) is 0 Å². The number of hydrogen-bond acceptors (Lipinski definition) is 4. The predicted molar refractivity (Wildman–Crippen MR) is 67.2 cm³/mol. The van der Waals surface area contributed by atoms with Crippen molar-refractivity contribution in [3.05, 3.63) is 35.9 Å². The summed E-state index contributed by atoms with van der Waals surface area (Å²) >= 11 is 6.07. The number of carbonyl (C=O) groups is 2. The summed E-state index contributed by atoms with van der Waals surface area (Å²) < 4.78 is 9.88. The van der Waals surface area contributed by atoms with E-state index in [0.29, 0.717) is 5.56 Å². The quantitative estimate of drug-likeness (QED) is 0.452. The molecular formula is C13H15ClO4. The van der Waals surface area contributed by atoms with Crippen LogP contribution in [-0.2, 0) is 24.7 Å². The molecule has 0 saturated carbocycles. The van der Waals surface area contributed by atoms with Gasteiger partial charge in [0.05, 0.1) is 6.61 Å². The molecule has 1 rings (SSSR count). The number of hydrogen-bond donors (Lipinski definition) is 0. The SMILES string of the molecule is CCOC(=O)[C@H](Cl)[C@](C)(OC=O)c1ccccc1. The number of alkyl halides is 1. The lowest BCUT2D eigenvalue weighted by Gasteiger charge is -2.31. The Morgan fingerprint density at radius 1 is 1.44 bits per heavy atom. The van der Waals surface area contributed by atoms with Crippen molar-refractivity contribution in [2.75, 3.05) is 6.61 Å². The number of rotatable bonds is 6. The van der Waals surface area contributed by atoms with Crippen molar-refractivity contribution >= 4 is 24.0 Å². The maximum atomic E-state index is 11.7. The topological polar surface area (TPSA) is 52.6 Å². The molecule has 0 aliphatic carbocycles. The van der Waals surface area contributed by atoms with Gasteiger partial charge in [0.15, 0.2) is 11.0 Å². The van der Waals surface area contributed by atoms with Crippen molar-refractivity contribution in [2.24, 2.45) is 0 Å². The summed E-state index contributed by atoms with van der Waals surface area (Å²) in [5, 5.41) is -1.11. The van der Waals surface area contributed by atoms with Crippen LogP contribution in [-0.4, -0.2) is 24.4 Å². The summed E-state index contributed by atoms with van der Waals surface area (Å²) in [6.07, 6.45) is 0. The third-order valence-corrected chi connectivity index (χ3v) is 3.21. The summed E-state index contributed by atoms with van der Waals surface area (Å²) in [7, 11) is 0. The van der Waals surface area contributed by atoms with E-state index in [1.54, 1.807) is 38.1 Å². The van der Waals surface area contributed by atoms with Gasteiger partial charge in [0, 0.05) is 0 Å². The van der Waals surface area contributed by atoms with Gasteiger partial charge in [0.1, 0.15) is 0 Å². The molecule has 0 aliphatic rings. The van der Waals surface area contributed by atoms with Crippen LogP contribution in [0, 0.1) is 0 Å². The molecule has 0 radical (unpaired) electrons. The third-order valence-electron chi connectivity index (χ3n) is 2.62. The van der Waals surface area contributed by atoms with Crippen LogP contribution in [0.25, 0.3) is 0 Å². The fourth-order valence-electron chi connectivity index (χ4n) is 1.58. The third kappa shape index (κ3) is 3.01. The molecule has 4 nitrogen and oxygen atoms in total. The van der Waals surface area contributed by atoms with Crippen LogP contribution in [0.15, 0.2) is 30.3 Å². The number of carbonyl (C=O) groups excluding carboxylic acids is 2. The number of ether oxygens (including phenoxy) is 2. The van der Waals surface area contributed by atoms with Crippen LogP contribution >= 0.6 is 11.6 Å². The molecule has 0 saturated heterocycles. The Hall–Kier alpha value is -1.55. The fourth-order valence-corrected chi connectivity index (χ4v) is 1.82. The van der Waals surface area contributed by atoms with E-state index < -0.39 is 16.9 Å². The zero-order valence-electron chi connectivity index (χ0n) is 10.3. The highest BCUT2D eigenvalue weighted by molar-refractivity contribution is 6.30. The lowest BCUT2D eigenvalue weighted by atomic mass is 9.92. The number of esters is 1. The van der Waals surface area contributed by atoms with E-state index in [1.807, 2.05) is 6.07 Å². The van der Waals surface area contributed by atoms with E-state index in [9.17, 15) is 9.59 Å². The molecule has 18 heavy (non-hydrogen) atoms. The first-order chi connectivity index (χ1) is 8.56. The standard InChI is InChI=1S/C13H15ClO4/c1-3-17-12(16)11(14)13(2,18-9-15)10-7-5-4-6-8-10/h4-9,11H,3H2,1-2H3/t11-,13+/m0/s1. The van der Waals surface area contributed by atoms with Gasteiger partial charge in [0.25, 0.3) is 6.47 Å². The highest BCUT2D eigenvalue weighted by atomic mass is 35.5. The first kappa shape index (κ1) is 14.5. The Morgan fingerprint density at radius 3 is 2.56 bits per heavy atom. The molecule has 2 atom stereocenters. The first-order valence-electron chi connectivity index (χ1n) is 5.54. The Kier molecular flexibility index (Phi) is 5.16. The van der Waals surface area contributed by atoms with Crippen molar-refractivity contribution in [2.45, 2.75) is 24.8 Å². The minimum absolute atomic E-state index is 0.216. The highest BCUT2D eigenvalue weighted by Crippen LogP contribution is 2.32. The maximum absolute atomic E-state index is 11.7. The van der Waals surface area contributed by atoms with Gasteiger partial charge in [-0.15, -0.1) is 11.6 Å². The second-order valence-corrected chi connectivity index (χ2v) is 4.24. The lowest BCUT2D eigenvalue weighted by Crippen LogP contribution is -2.41. The Balaban J connectivity index is 3.07. The van der Waals surface area contributed by atoms with Gasteiger partial charge in [-0.05, 0) is 19.4 Å². The van der Waals surface area contributed by atoms with Crippen molar-refractivity contribution < 1.29 is 19.1 Å². The fraction of sp³-hybridized carbons (Fsp3) is 0.385. The minimum atomic E-state index is -1.25. The molecule has 1 aromatic rings. The summed E-state index contributed by atoms with van der Waals surface area (Å²) in [5.74, 6) is -0.618. The molecule has 0 unspecified atom stereocenters. The van der Waals surface area contributed by atoms with Crippen molar-refractivity contribution in [1.29, 1.82) is 0 Å². The van der Waals surface area contributed by atoms with Crippen LogP contribution < -0.4 is 0 Å². The van der Waals surface area contributed by atoms with Crippen molar-refractivity contribution in [3.8, 4) is 0 Å². The molecule has 0 spiro atoms. The Bertz CT molecular complexity index is 407. The summed E-state index contributed by atoms with van der Waals surface area (Å²) in [6.45, 7) is 3.75. The normalized spacial score (nSPS) is 15.3. The molecule has 0 amide bonds. The average molecular weight is 271 g/mol. The second kappa shape index (κ2) is 6.40. The average Bonchev–Trinajstić information content (AvgIpc) is 2.39. The summed E-state index contributed by atoms with van der Waals surface area (Å²) in [6, 6.07) is 8.83. The van der Waals surface area contributed by atoms with E-state index in [2.05, 4.69) is 0 Å². The monoisotopic (exact) mass is 270 g/mol. The summed E-state index contributed by atoms with van der Waals surface area (Å²) in [5.41, 5.74) is -0.623. The van der Waals surface area contributed by atoms with E-state index in [-0.39, 0.29) is 13.1 Å². The van der Waals surface area contributed by atoms with Gasteiger partial charge < -0.3 is 9.47 Å². The molecule has 0 N–H and O–H groups in total. The Morgan fingerprint density at radius 2 is 2.06 bits per heavy atom. The van der Waals surface area contributed by atoms with Gasteiger partial charge >= 0.3 is 5.97 Å². The van der Waals surface area contributed by atoms with Crippen LogP contribution in [0.5, 0.6) is 0 Å². The van der Waals surface area contributed by atoms with E-state index in [4.69, 9.17) is 21.1 Å². The predicted octanol–water partition coefficient (Wildman–Crippen LogP) is 2.25. The van der Waals surface area contributed by atoms with Crippen LogP contribution in [0.3, 0.4) is 0 Å². The molecule has 0 aromatic heterocycles. The molecule has 0 aliphatic heterocycles. The molecule has 1 aromatic carbocycles. The first-order valence-corrected chi connectivity index (χ1v) is 5.97. The van der Waals surface area contributed by atoms with E-state index >= 15 is 0 Å². The van der Waals surface area contributed by atoms with Gasteiger partial charge in [-0.25, -0.2) is 0 Å². The van der Waals surface area contributed by atoms with Crippen LogP contribution in [0.4, 0.5) is 0 Å². The van der Waals surface area contributed by atoms with Gasteiger partial charge in [-0.3, -0.25) is 9.59 Å². The van der Waals surface area contributed by atoms with Crippen molar-refractivity contribution in [3.63, 3.8) is 0 Å². The van der Waals surface area contributed by atoms with Crippen LogP contribution in [0.2, 0.25) is 0 Å². The van der Waals surface area contributed by atoms with E-state index in [0.717, 1.165) is 0 Å². The largest absolute Gasteiger partial charge is 0.465 e. The molecule has 98 valence electrons. The smallest absolute Gasteiger partial charge is 0.328 e. The van der Waals surface area contributed by atoms with Gasteiger partial charge in [-0.1, -0.05) is 30.3 Å². The maximum Gasteiger partial charge on any atom is 0.328 e. The highest BCUT2D eigenvalue weighted by Gasteiger charge is 2.42. The molecular weight excluding hydrogens is 256 g/mol. The van der Waals surface area contributed by atoms with Crippen molar-refractivity contribution in [1.82, 2.24) is 0 Å². The molecule has 0 bridgehead atoms. The number of benzene rings is 1. The Labute approximate surface area is 111 Å². The zero-order chi connectivity index (χ0) is 13.6. The summed E-state index contributed by atoms with van der Waals surface area (Å²) in [4.78, 5) is 22.3. The molecule has 0 heterocycles. The molecule has 0 fully saturated rings. The second-order valence-electron chi connectivity index (χ2n) is 3.80. The lowest BCUT2D eigenvalue weighted by molar-refractivity contribution is -0.155. The number of halogens is 1. The van der Waals surface area contributed by atoms with Gasteiger partial charge in [0.2, 0.25) is 0 Å². The zero-order valence-corrected chi connectivity index (χ0v) is 11.0. The van der Waals surface area contributed by atoms with Crippen LogP contribution in [0.1, 0.15) is 19.4 Å². The molecule has 5 heteroatoms. The minimum Gasteiger partial charge on any atom is -0.465 e. The van der Waals surface area contributed by atoms with E-state index in [1.165, 1.54) is 0 Å².